The topological polar surface area (TPSA) is 61.4 Å². The molecule has 0 spiro atoms. The summed E-state index contributed by atoms with van der Waals surface area (Å²) in [6.45, 7) is 6.83. The highest BCUT2D eigenvalue weighted by Gasteiger charge is 2.22. The highest BCUT2D eigenvalue weighted by molar-refractivity contribution is 7.18. The van der Waals surface area contributed by atoms with Gasteiger partial charge in [0.2, 0.25) is 11.9 Å². The van der Waals surface area contributed by atoms with E-state index >= 15 is 0 Å². The summed E-state index contributed by atoms with van der Waals surface area (Å²) in [7, 11) is 1.83. The lowest BCUT2D eigenvalue weighted by Gasteiger charge is -2.35. The number of rotatable bonds is 2. The van der Waals surface area contributed by atoms with Gasteiger partial charge in [-0.2, -0.15) is 4.98 Å². The molecule has 7 heteroatoms. The number of piperazine rings is 1. The fourth-order valence-corrected chi connectivity index (χ4v) is 3.49. The third kappa shape index (κ3) is 2.65. The van der Waals surface area contributed by atoms with E-state index in [-0.39, 0.29) is 5.91 Å². The monoisotopic (exact) mass is 305 g/mol. The van der Waals surface area contributed by atoms with Gasteiger partial charge < -0.3 is 15.1 Å². The number of anilines is 2. The van der Waals surface area contributed by atoms with Crippen LogP contribution in [0.4, 0.5) is 11.8 Å². The Bertz CT molecular complexity index is 675. The van der Waals surface area contributed by atoms with Gasteiger partial charge >= 0.3 is 0 Å². The smallest absolute Gasteiger partial charge is 0.225 e. The summed E-state index contributed by atoms with van der Waals surface area (Å²) in [5.74, 6) is 1.76. The molecule has 1 aliphatic rings. The molecule has 0 radical (unpaired) electrons. The van der Waals surface area contributed by atoms with Gasteiger partial charge in [0.15, 0.2) is 0 Å². The number of amides is 1. The fraction of sp³-hybridized carbons (Fsp3) is 0.500. The van der Waals surface area contributed by atoms with E-state index in [1.807, 2.05) is 11.9 Å². The van der Waals surface area contributed by atoms with Gasteiger partial charge in [0.1, 0.15) is 10.6 Å². The molecule has 0 saturated carbocycles. The maximum Gasteiger partial charge on any atom is 0.225 e. The average Bonchev–Trinajstić information content (AvgIpc) is 2.86. The summed E-state index contributed by atoms with van der Waals surface area (Å²) >= 11 is 1.68. The first-order valence-electron chi connectivity index (χ1n) is 7.05. The molecular weight excluding hydrogens is 286 g/mol. The van der Waals surface area contributed by atoms with E-state index in [9.17, 15) is 4.79 Å². The van der Waals surface area contributed by atoms with Crippen molar-refractivity contribution >= 4 is 39.2 Å². The Kier molecular flexibility index (Phi) is 3.67. The highest BCUT2D eigenvalue weighted by Crippen LogP contribution is 2.32. The van der Waals surface area contributed by atoms with Gasteiger partial charge in [-0.15, -0.1) is 11.3 Å². The number of nitrogens with one attached hydrogen (secondary N) is 1. The van der Waals surface area contributed by atoms with Crippen LogP contribution in [0.15, 0.2) is 6.07 Å². The Morgan fingerprint density at radius 2 is 2.00 bits per heavy atom. The lowest BCUT2D eigenvalue weighted by molar-refractivity contribution is -0.129. The molecule has 0 bridgehead atoms. The van der Waals surface area contributed by atoms with Crippen molar-refractivity contribution in [1.82, 2.24) is 14.9 Å². The molecule has 21 heavy (non-hydrogen) atoms. The molecule has 1 amide bonds. The van der Waals surface area contributed by atoms with Crippen LogP contribution in [0.3, 0.4) is 0 Å². The van der Waals surface area contributed by atoms with E-state index in [4.69, 9.17) is 0 Å². The Morgan fingerprint density at radius 3 is 2.62 bits per heavy atom. The van der Waals surface area contributed by atoms with E-state index < -0.39 is 0 Å². The van der Waals surface area contributed by atoms with Crippen molar-refractivity contribution in [3.05, 3.63) is 10.9 Å². The number of aromatic nitrogens is 2. The third-order valence-electron chi connectivity index (χ3n) is 3.74. The van der Waals surface area contributed by atoms with Crippen LogP contribution in [0, 0.1) is 6.92 Å². The molecule has 2 aromatic rings. The molecule has 1 N–H and O–H groups in total. The van der Waals surface area contributed by atoms with Crippen molar-refractivity contribution in [3.8, 4) is 0 Å². The Hall–Kier alpha value is -1.89. The van der Waals surface area contributed by atoms with Gasteiger partial charge in [-0.05, 0) is 13.0 Å². The zero-order valence-electron chi connectivity index (χ0n) is 12.5. The zero-order chi connectivity index (χ0) is 15.0. The van der Waals surface area contributed by atoms with E-state index in [0.717, 1.165) is 42.2 Å². The maximum atomic E-state index is 11.4. The second-order valence-electron chi connectivity index (χ2n) is 5.19. The van der Waals surface area contributed by atoms with Crippen molar-refractivity contribution < 1.29 is 4.79 Å². The van der Waals surface area contributed by atoms with Crippen LogP contribution in [0.5, 0.6) is 0 Å². The number of nitrogens with zero attached hydrogens (tertiary/aromatic N) is 4. The van der Waals surface area contributed by atoms with Crippen molar-refractivity contribution in [1.29, 1.82) is 0 Å². The van der Waals surface area contributed by atoms with Gasteiger partial charge in [0.05, 0.1) is 5.39 Å². The summed E-state index contributed by atoms with van der Waals surface area (Å²) in [4.78, 5) is 27.0. The molecule has 3 heterocycles. The predicted octanol–water partition coefficient (Wildman–Crippen LogP) is 1.71. The fourth-order valence-electron chi connectivity index (χ4n) is 2.61. The van der Waals surface area contributed by atoms with Crippen LogP contribution in [-0.4, -0.2) is 54.0 Å². The number of fused-ring (bicyclic) bond motifs is 1. The minimum absolute atomic E-state index is 0.143. The number of carbonyl (C=O) groups excluding carboxylic acids is 1. The molecule has 3 rings (SSSR count). The van der Waals surface area contributed by atoms with E-state index in [0.29, 0.717) is 5.95 Å². The Morgan fingerprint density at radius 1 is 1.29 bits per heavy atom. The van der Waals surface area contributed by atoms with Crippen LogP contribution in [0.25, 0.3) is 10.2 Å². The molecule has 112 valence electrons. The van der Waals surface area contributed by atoms with Gasteiger partial charge in [0.25, 0.3) is 0 Å². The first-order chi connectivity index (χ1) is 10.1. The number of hydrogen-bond acceptors (Lipinski definition) is 6. The highest BCUT2D eigenvalue weighted by atomic mass is 32.1. The zero-order valence-corrected chi connectivity index (χ0v) is 13.3. The van der Waals surface area contributed by atoms with Crippen LogP contribution in [-0.2, 0) is 4.79 Å². The normalized spacial score (nSPS) is 15.6. The van der Waals surface area contributed by atoms with Gasteiger partial charge in [-0.3, -0.25) is 4.79 Å². The second kappa shape index (κ2) is 5.48. The van der Waals surface area contributed by atoms with Crippen molar-refractivity contribution in [2.75, 3.05) is 43.4 Å². The minimum Gasteiger partial charge on any atom is -0.357 e. The summed E-state index contributed by atoms with van der Waals surface area (Å²) in [6, 6.07) is 2.14. The molecular formula is C14H19N5OS. The number of hydrogen-bond donors (Lipinski definition) is 1. The Labute approximate surface area is 127 Å². The van der Waals surface area contributed by atoms with Crippen LogP contribution in [0.1, 0.15) is 11.8 Å². The first-order valence-corrected chi connectivity index (χ1v) is 7.86. The number of aryl methyl sites for hydroxylation is 1. The minimum atomic E-state index is 0.143. The third-order valence-corrected chi connectivity index (χ3v) is 4.69. The number of thiophene rings is 1. The molecule has 0 unspecified atom stereocenters. The predicted molar refractivity (Wildman–Crippen MR) is 86.2 cm³/mol. The summed E-state index contributed by atoms with van der Waals surface area (Å²) in [5, 5.41) is 4.13. The molecule has 6 nitrogen and oxygen atoms in total. The Balaban J connectivity index is 1.94. The molecule has 0 aromatic carbocycles. The molecule has 1 fully saturated rings. The van der Waals surface area contributed by atoms with E-state index in [1.165, 1.54) is 4.88 Å². The quantitative estimate of drug-likeness (QED) is 0.915. The van der Waals surface area contributed by atoms with E-state index in [2.05, 4.69) is 33.2 Å². The van der Waals surface area contributed by atoms with Crippen LogP contribution in [0.2, 0.25) is 0 Å². The number of carbonyl (C=O) groups is 1. The summed E-state index contributed by atoms with van der Waals surface area (Å²) in [6.07, 6.45) is 0. The molecule has 0 aliphatic carbocycles. The van der Waals surface area contributed by atoms with Crippen molar-refractivity contribution in [2.24, 2.45) is 0 Å². The van der Waals surface area contributed by atoms with Gasteiger partial charge in [-0.1, -0.05) is 0 Å². The lowest BCUT2D eigenvalue weighted by Crippen LogP contribution is -2.48. The van der Waals surface area contributed by atoms with Crippen molar-refractivity contribution in [2.45, 2.75) is 13.8 Å². The van der Waals surface area contributed by atoms with Crippen molar-refractivity contribution in [3.63, 3.8) is 0 Å². The second-order valence-corrected chi connectivity index (χ2v) is 6.42. The average molecular weight is 305 g/mol. The maximum absolute atomic E-state index is 11.4. The van der Waals surface area contributed by atoms with Crippen LogP contribution < -0.4 is 10.2 Å². The largest absolute Gasteiger partial charge is 0.357 e. The summed E-state index contributed by atoms with van der Waals surface area (Å²) < 4.78 is 0. The SMILES string of the molecule is CNc1nc(N2CCN(C(C)=O)CC2)c2cc(C)sc2n1. The standard InChI is InChI=1S/C14H19N5OS/c1-9-8-11-12(16-14(15-3)17-13(11)21-9)19-6-4-18(5-7-19)10(2)20/h8H,4-7H2,1-3H3,(H,15,16,17). The molecule has 0 atom stereocenters. The van der Waals surface area contributed by atoms with E-state index in [1.54, 1.807) is 18.3 Å². The van der Waals surface area contributed by atoms with Gasteiger partial charge in [-0.25, -0.2) is 4.98 Å². The molecule has 1 saturated heterocycles. The van der Waals surface area contributed by atoms with Crippen LogP contribution >= 0.6 is 11.3 Å². The summed E-state index contributed by atoms with van der Waals surface area (Å²) in [5.41, 5.74) is 0. The molecule has 2 aromatic heterocycles. The molecule has 1 aliphatic heterocycles. The first kappa shape index (κ1) is 14.1. The lowest BCUT2D eigenvalue weighted by atomic mass is 10.2. The van der Waals surface area contributed by atoms with Gasteiger partial charge in [0, 0.05) is 45.0 Å².